The molecule has 0 spiro atoms. The standard InChI is InChI=1S/C25H21N3O2/c1-17(2)30-24-9-4-3-8-21(24)18-6-5-7-20(12-18)28-15-27-22-13-19(10-11-23(22)28)25-14-26-16-29-25/h3-17H,1-2H3/i15+1. The number of oxazole rings is 1. The molecule has 5 nitrogen and oxygen atoms in total. The average Bonchev–Trinajstić information content (AvgIpc) is 3.43. The van der Waals surface area contributed by atoms with Crippen LogP contribution >= 0.6 is 0 Å². The van der Waals surface area contributed by atoms with Crippen LogP contribution in [0, 0.1) is 0 Å². The zero-order valence-electron chi connectivity index (χ0n) is 16.8. The third kappa shape index (κ3) is 3.35. The normalized spacial score (nSPS) is 11.3. The van der Waals surface area contributed by atoms with Crippen molar-refractivity contribution in [2.24, 2.45) is 0 Å². The molecule has 0 aliphatic heterocycles. The Morgan fingerprint density at radius 3 is 2.67 bits per heavy atom. The van der Waals surface area contributed by atoms with E-state index in [-0.39, 0.29) is 6.10 Å². The second kappa shape index (κ2) is 7.52. The first-order valence-corrected chi connectivity index (χ1v) is 9.91. The average molecular weight is 396 g/mol. The Morgan fingerprint density at radius 1 is 0.933 bits per heavy atom. The third-order valence-corrected chi connectivity index (χ3v) is 4.95. The van der Waals surface area contributed by atoms with E-state index in [1.165, 1.54) is 6.39 Å². The molecule has 2 heterocycles. The topological polar surface area (TPSA) is 53.1 Å². The molecule has 30 heavy (non-hydrogen) atoms. The Kier molecular flexibility index (Phi) is 4.56. The van der Waals surface area contributed by atoms with Crippen LogP contribution in [0.3, 0.4) is 0 Å². The number of ether oxygens (including phenoxy) is 1. The summed E-state index contributed by atoms with van der Waals surface area (Å²) >= 11 is 0. The molecule has 3 aromatic carbocycles. The van der Waals surface area contributed by atoms with Crippen LogP contribution in [0.15, 0.2) is 90.1 Å². The van der Waals surface area contributed by atoms with Crippen molar-refractivity contribution in [3.63, 3.8) is 0 Å². The van der Waals surface area contributed by atoms with Gasteiger partial charge >= 0.3 is 0 Å². The molecule has 148 valence electrons. The number of aromatic nitrogens is 3. The first-order chi connectivity index (χ1) is 14.7. The Labute approximate surface area is 174 Å². The van der Waals surface area contributed by atoms with Gasteiger partial charge in [-0.05, 0) is 55.8 Å². The van der Waals surface area contributed by atoms with Crippen LogP contribution in [0.5, 0.6) is 5.75 Å². The summed E-state index contributed by atoms with van der Waals surface area (Å²) in [5, 5.41) is 0. The molecule has 0 aliphatic rings. The largest absolute Gasteiger partial charge is 0.490 e. The van der Waals surface area contributed by atoms with Gasteiger partial charge in [0.25, 0.3) is 0 Å². The van der Waals surface area contributed by atoms with Crippen molar-refractivity contribution in [2.45, 2.75) is 20.0 Å². The Balaban J connectivity index is 1.56. The Morgan fingerprint density at radius 2 is 1.83 bits per heavy atom. The molecule has 0 bridgehead atoms. The van der Waals surface area contributed by atoms with E-state index < -0.39 is 0 Å². The lowest BCUT2D eigenvalue weighted by molar-refractivity contribution is 0.243. The highest BCUT2D eigenvalue weighted by atomic mass is 16.5. The van der Waals surface area contributed by atoms with Crippen LogP contribution in [0.2, 0.25) is 0 Å². The number of nitrogens with zero attached hydrogens (tertiary/aromatic N) is 3. The van der Waals surface area contributed by atoms with Crippen molar-refractivity contribution in [1.29, 1.82) is 0 Å². The van der Waals surface area contributed by atoms with Gasteiger partial charge in [0.1, 0.15) is 12.1 Å². The molecule has 5 rings (SSSR count). The molecule has 0 saturated carbocycles. The lowest BCUT2D eigenvalue weighted by Crippen LogP contribution is -2.06. The predicted molar refractivity (Wildman–Crippen MR) is 118 cm³/mol. The van der Waals surface area contributed by atoms with Gasteiger partial charge in [0.05, 0.1) is 23.3 Å². The second-order valence-corrected chi connectivity index (χ2v) is 7.40. The zero-order valence-corrected chi connectivity index (χ0v) is 16.8. The summed E-state index contributed by atoms with van der Waals surface area (Å²) in [6.07, 6.45) is 5.11. The number of imidazole rings is 1. The Bertz CT molecular complexity index is 1300. The molecule has 0 N–H and O–H groups in total. The van der Waals surface area contributed by atoms with Gasteiger partial charge in [-0.15, -0.1) is 0 Å². The number of para-hydroxylation sites is 1. The highest BCUT2D eigenvalue weighted by Gasteiger charge is 2.11. The van der Waals surface area contributed by atoms with Crippen molar-refractivity contribution >= 4 is 11.0 Å². The van der Waals surface area contributed by atoms with Gasteiger partial charge in [0, 0.05) is 16.8 Å². The quantitative estimate of drug-likeness (QED) is 0.358. The molecule has 5 heteroatoms. The van der Waals surface area contributed by atoms with E-state index in [4.69, 9.17) is 9.15 Å². The number of hydrogen-bond acceptors (Lipinski definition) is 4. The first kappa shape index (κ1) is 18.2. The lowest BCUT2D eigenvalue weighted by Gasteiger charge is -2.15. The third-order valence-electron chi connectivity index (χ3n) is 4.95. The van der Waals surface area contributed by atoms with Gasteiger partial charge in [-0.25, -0.2) is 9.97 Å². The van der Waals surface area contributed by atoms with Crippen molar-refractivity contribution in [1.82, 2.24) is 14.5 Å². The smallest absolute Gasteiger partial charge is 0.181 e. The van der Waals surface area contributed by atoms with Gasteiger partial charge in [-0.2, -0.15) is 0 Å². The first-order valence-electron chi connectivity index (χ1n) is 9.91. The van der Waals surface area contributed by atoms with Gasteiger partial charge in [-0.3, -0.25) is 4.57 Å². The van der Waals surface area contributed by atoms with Crippen LogP contribution < -0.4 is 4.74 Å². The summed E-state index contributed by atoms with van der Waals surface area (Å²) < 4.78 is 13.5. The summed E-state index contributed by atoms with van der Waals surface area (Å²) in [7, 11) is 0. The number of hydrogen-bond donors (Lipinski definition) is 0. The van der Waals surface area contributed by atoms with Crippen LogP contribution in [0.25, 0.3) is 39.2 Å². The van der Waals surface area contributed by atoms with Crippen LogP contribution in [-0.4, -0.2) is 20.6 Å². The van der Waals surface area contributed by atoms with Gasteiger partial charge < -0.3 is 9.15 Å². The molecule has 2 aromatic heterocycles. The second-order valence-electron chi connectivity index (χ2n) is 7.40. The highest BCUT2D eigenvalue weighted by molar-refractivity contribution is 5.83. The minimum absolute atomic E-state index is 0.116. The lowest BCUT2D eigenvalue weighted by atomic mass is 10.0. The fourth-order valence-corrected chi connectivity index (χ4v) is 3.62. The van der Waals surface area contributed by atoms with Crippen LogP contribution in [0.1, 0.15) is 13.8 Å². The predicted octanol–water partition coefficient (Wildman–Crippen LogP) is 6.13. The summed E-state index contributed by atoms with van der Waals surface area (Å²) in [5.41, 5.74) is 6.11. The number of rotatable bonds is 5. The minimum atomic E-state index is 0.116. The maximum absolute atomic E-state index is 6.02. The van der Waals surface area contributed by atoms with E-state index in [1.54, 1.807) is 6.20 Å². The molecule has 5 aromatic rings. The molecule has 0 unspecified atom stereocenters. The van der Waals surface area contributed by atoms with Gasteiger partial charge in [0.2, 0.25) is 0 Å². The highest BCUT2D eigenvalue weighted by Crippen LogP contribution is 2.32. The van der Waals surface area contributed by atoms with Crippen molar-refractivity contribution < 1.29 is 9.15 Å². The fraction of sp³-hybridized carbons (Fsp3) is 0.120. The fourth-order valence-electron chi connectivity index (χ4n) is 3.62. The van der Waals surface area contributed by atoms with Crippen molar-refractivity contribution in [3.8, 4) is 33.9 Å². The summed E-state index contributed by atoms with van der Waals surface area (Å²) in [5.74, 6) is 1.62. The van der Waals surface area contributed by atoms with Crippen LogP contribution in [0.4, 0.5) is 0 Å². The van der Waals surface area contributed by atoms with E-state index in [2.05, 4.69) is 50.9 Å². The monoisotopic (exact) mass is 396 g/mol. The SMILES string of the molecule is CC(C)Oc1ccccc1-c1cccc(-n2[13cH]nc3cc(-c4cnco4)ccc32)c1. The van der Waals surface area contributed by atoms with E-state index in [1.807, 2.05) is 50.5 Å². The molecule has 0 fully saturated rings. The van der Waals surface area contributed by atoms with Crippen molar-refractivity contribution in [3.05, 3.63) is 85.6 Å². The Hall–Kier alpha value is -3.86. The van der Waals surface area contributed by atoms with Crippen LogP contribution in [-0.2, 0) is 0 Å². The zero-order chi connectivity index (χ0) is 20.5. The van der Waals surface area contributed by atoms with Crippen molar-refractivity contribution in [2.75, 3.05) is 0 Å². The van der Waals surface area contributed by atoms with Gasteiger partial charge in [-0.1, -0.05) is 30.3 Å². The number of benzene rings is 3. The molecular weight excluding hydrogens is 375 g/mol. The maximum Gasteiger partial charge on any atom is 0.181 e. The van der Waals surface area contributed by atoms with E-state index in [0.29, 0.717) is 0 Å². The summed E-state index contributed by atoms with van der Waals surface area (Å²) in [6.45, 7) is 4.08. The summed E-state index contributed by atoms with van der Waals surface area (Å²) in [6, 6.07) is 22.6. The number of fused-ring (bicyclic) bond motifs is 1. The minimum Gasteiger partial charge on any atom is -0.490 e. The molecule has 0 radical (unpaired) electrons. The van der Waals surface area contributed by atoms with E-state index in [0.717, 1.165) is 44.9 Å². The molecule has 0 saturated heterocycles. The van der Waals surface area contributed by atoms with Gasteiger partial charge in [0.15, 0.2) is 12.2 Å². The summed E-state index contributed by atoms with van der Waals surface area (Å²) in [4.78, 5) is 8.59. The van der Waals surface area contributed by atoms with E-state index in [9.17, 15) is 0 Å². The van der Waals surface area contributed by atoms with E-state index >= 15 is 0 Å². The molecule has 0 amide bonds. The maximum atomic E-state index is 6.02. The molecular formula is C25H21N3O2. The molecule has 0 aliphatic carbocycles. The molecule has 0 atom stereocenters.